The first-order valence-corrected chi connectivity index (χ1v) is 12.7. The van der Waals surface area contributed by atoms with Gasteiger partial charge in [-0.15, -0.1) is 12.4 Å². The summed E-state index contributed by atoms with van der Waals surface area (Å²) in [6.45, 7) is 6.84. The second-order valence-corrected chi connectivity index (χ2v) is 11.0. The molecule has 2 amide bonds. The molecule has 31 heavy (non-hydrogen) atoms. The van der Waals surface area contributed by atoms with E-state index >= 15 is 0 Å². The Kier molecular flexibility index (Phi) is 7.08. The fourth-order valence-corrected chi connectivity index (χ4v) is 6.57. The van der Waals surface area contributed by atoms with Gasteiger partial charge in [0.1, 0.15) is 5.76 Å². The van der Waals surface area contributed by atoms with Crippen LogP contribution in [0.4, 0.5) is 0 Å². The standard InChI is InChI=1S/C21H31N3O5S.ClH/c1-14(2)18-19-16(24(21(18)26)30(3,27)28)7-11-23(19)20(25)15-8-12-29-17(15)13-22-9-5-4-6-10-22;/h8,12,14,16,18-19H,4-7,9-11,13H2,1-3H3;1H/t16-,18+,19-;/m0./s1. The molecule has 0 unspecified atom stereocenters. The van der Waals surface area contributed by atoms with E-state index in [9.17, 15) is 18.0 Å². The maximum Gasteiger partial charge on any atom is 0.257 e. The second kappa shape index (κ2) is 9.11. The molecular formula is C21H32ClN3O5S. The van der Waals surface area contributed by atoms with Gasteiger partial charge in [0.2, 0.25) is 15.9 Å². The lowest BCUT2D eigenvalue weighted by Gasteiger charge is -2.30. The zero-order chi connectivity index (χ0) is 21.6. The number of rotatable bonds is 5. The van der Waals surface area contributed by atoms with E-state index in [1.807, 2.05) is 13.8 Å². The van der Waals surface area contributed by atoms with E-state index < -0.39 is 28.0 Å². The van der Waals surface area contributed by atoms with Gasteiger partial charge in [-0.3, -0.25) is 14.5 Å². The van der Waals surface area contributed by atoms with Crippen LogP contribution in [-0.2, 0) is 21.4 Å². The zero-order valence-corrected chi connectivity index (χ0v) is 20.0. The predicted molar refractivity (Wildman–Crippen MR) is 118 cm³/mol. The molecule has 3 fully saturated rings. The zero-order valence-electron chi connectivity index (χ0n) is 18.3. The van der Waals surface area contributed by atoms with Gasteiger partial charge < -0.3 is 9.32 Å². The predicted octanol–water partition coefficient (Wildman–Crippen LogP) is 2.34. The van der Waals surface area contributed by atoms with Crippen LogP contribution in [0.5, 0.6) is 0 Å². The van der Waals surface area contributed by atoms with Crippen LogP contribution >= 0.6 is 12.4 Å². The molecule has 0 bridgehead atoms. The molecule has 174 valence electrons. The van der Waals surface area contributed by atoms with Gasteiger partial charge in [0.05, 0.1) is 42.6 Å². The Bertz CT molecular complexity index is 925. The van der Waals surface area contributed by atoms with Gasteiger partial charge in [-0.25, -0.2) is 12.7 Å². The van der Waals surface area contributed by atoms with Crippen molar-refractivity contribution in [3.8, 4) is 0 Å². The third kappa shape index (κ3) is 4.36. The molecule has 4 heterocycles. The molecule has 3 atom stereocenters. The highest BCUT2D eigenvalue weighted by Gasteiger charge is 2.58. The van der Waals surface area contributed by atoms with Gasteiger partial charge in [-0.05, 0) is 44.3 Å². The van der Waals surface area contributed by atoms with Crippen LogP contribution in [0, 0.1) is 11.8 Å². The van der Waals surface area contributed by atoms with E-state index in [0.29, 0.717) is 30.8 Å². The summed E-state index contributed by atoms with van der Waals surface area (Å²) < 4.78 is 31.3. The van der Waals surface area contributed by atoms with Crippen molar-refractivity contribution in [3.05, 3.63) is 23.7 Å². The van der Waals surface area contributed by atoms with Gasteiger partial charge in [0, 0.05) is 6.54 Å². The number of nitrogens with zero attached hydrogens (tertiary/aromatic N) is 3. The third-order valence-corrected chi connectivity index (χ3v) is 7.88. The lowest BCUT2D eigenvalue weighted by molar-refractivity contribution is -0.129. The minimum Gasteiger partial charge on any atom is -0.467 e. The van der Waals surface area contributed by atoms with Crippen molar-refractivity contribution >= 4 is 34.2 Å². The SMILES string of the molecule is CC(C)[C@H]1C(=O)N(S(C)(=O)=O)[C@H]2CCN(C(=O)c3ccoc3CN3CCCCC3)[C@H]12.Cl. The quantitative estimate of drug-likeness (QED) is 0.651. The highest BCUT2D eigenvalue weighted by Crippen LogP contribution is 2.42. The smallest absolute Gasteiger partial charge is 0.257 e. The number of carbonyl (C=O) groups excluding carboxylic acids is 2. The van der Waals surface area contributed by atoms with Crippen molar-refractivity contribution in [2.45, 2.75) is 58.2 Å². The fraction of sp³-hybridized carbons (Fsp3) is 0.714. The summed E-state index contributed by atoms with van der Waals surface area (Å²) in [6.07, 6.45) is 6.62. The van der Waals surface area contributed by atoms with E-state index in [-0.39, 0.29) is 30.1 Å². The molecule has 0 N–H and O–H groups in total. The summed E-state index contributed by atoms with van der Waals surface area (Å²) in [5, 5.41) is 0. The van der Waals surface area contributed by atoms with Gasteiger partial charge in [-0.2, -0.15) is 0 Å². The van der Waals surface area contributed by atoms with Crippen LogP contribution in [0.2, 0.25) is 0 Å². The summed E-state index contributed by atoms with van der Waals surface area (Å²) >= 11 is 0. The van der Waals surface area contributed by atoms with E-state index in [1.165, 1.54) is 6.42 Å². The topological polar surface area (TPSA) is 91.1 Å². The highest BCUT2D eigenvalue weighted by atomic mass is 35.5. The Balaban J connectivity index is 0.00000272. The van der Waals surface area contributed by atoms with E-state index in [4.69, 9.17) is 4.42 Å². The average molecular weight is 474 g/mol. The van der Waals surface area contributed by atoms with Gasteiger partial charge in [0.15, 0.2) is 0 Å². The summed E-state index contributed by atoms with van der Waals surface area (Å²) in [5.41, 5.74) is 0.522. The molecule has 0 saturated carbocycles. The number of fused-ring (bicyclic) bond motifs is 1. The Morgan fingerprint density at radius 1 is 1.19 bits per heavy atom. The van der Waals surface area contributed by atoms with Crippen molar-refractivity contribution in [1.29, 1.82) is 0 Å². The fourth-order valence-electron chi connectivity index (χ4n) is 5.40. The summed E-state index contributed by atoms with van der Waals surface area (Å²) in [5.74, 6) is -0.496. The first kappa shape index (κ1) is 24.1. The van der Waals surface area contributed by atoms with Crippen molar-refractivity contribution in [2.24, 2.45) is 11.8 Å². The molecule has 8 nitrogen and oxygen atoms in total. The lowest BCUT2D eigenvalue weighted by atomic mass is 9.88. The van der Waals surface area contributed by atoms with Crippen LogP contribution in [-0.4, -0.2) is 72.3 Å². The molecule has 0 aliphatic carbocycles. The monoisotopic (exact) mass is 473 g/mol. The molecule has 3 saturated heterocycles. The minimum atomic E-state index is -3.68. The summed E-state index contributed by atoms with van der Waals surface area (Å²) in [4.78, 5) is 30.5. The van der Waals surface area contributed by atoms with Crippen molar-refractivity contribution in [1.82, 2.24) is 14.1 Å². The number of hydrogen-bond donors (Lipinski definition) is 0. The van der Waals surface area contributed by atoms with E-state index in [2.05, 4.69) is 4.90 Å². The van der Waals surface area contributed by atoms with Gasteiger partial charge >= 0.3 is 0 Å². The Morgan fingerprint density at radius 2 is 1.87 bits per heavy atom. The number of amides is 2. The second-order valence-electron chi connectivity index (χ2n) is 9.11. The number of halogens is 1. The molecule has 0 aromatic carbocycles. The number of piperidine rings is 1. The molecule has 4 rings (SSSR count). The molecule has 3 aliphatic heterocycles. The highest BCUT2D eigenvalue weighted by molar-refractivity contribution is 7.88. The summed E-state index contributed by atoms with van der Waals surface area (Å²) in [6, 6.07) is 0.781. The van der Waals surface area contributed by atoms with Crippen LogP contribution < -0.4 is 0 Å². The molecule has 10 heteroatoms. The van der Waals surface area contributed by atoms with Gasteiger partial charge in [0.25, 0.3) is 5.91 Å². The average Bonchev–Trinajstić information content (AvgIpc) is 3.35. The Hall–Kier alpha value is -1.58. The van der Waals surface area contributed by atoms with Crippen molar-refractivity contribution < 1.29 is 22.4 Å². The van der Waals surface area contributed by atoms with Crippen molar-refractivity contribution in [2.75, 3.05) is 25.9 Å². The van der Waals surface area contributed by atoms with Crippen LogP contribution in [0.1, 0.15) is 55.6 Å². The normalized spacial score (nSPS) is 27.0. The summed E-state index contributed by atoms with van der Waals surface area (Å²) in [7, 11) is -3.68. The van der Waals surface area contributed by atoms with E-state index in [0.717, 1.165) is 36.5 Å². The minimum absolute atomic E-state index is 0. The van der Waals surface area contributed by atoms with Crippen LogP contribution in [0.15, 0.2) is 16.7 Å². The molecule has 0 radical (unpaired) electrons. The molecule has 1 aromatic rings. The van der Waals surface area contributed by atoms with Crippen LogP contribution in [0.25, 0.3) is 0 Å². The van der Waals surface area contributed by atoms with Gasteiger partial charge in [-0.1, -0.05) is 20.3 Å². The first-order valence-electron chi connectivity index (χ1n) is 10.8. The molecular weight excluding hydrogens is 442 g/mol. The largest absolute Gasteiger partial charge is 0.467 e. The molecule has 3 aliphatic rings. The maximum absolute atomic E-state index is 13.5. The Morgan fingerprint density at radius 3 is 2.48 bits per heavy atom. The number of likely N-dealkylation sites (tertiary alicyclic amines) is 2. The van der Waals surface area contributed by atoms with Crippen LogP contribution in [0.3, 0.4) is 0 Å². The van der Waals surface area contributed by atoms with Crippen molar-refractivity contribution in [3.63, 3.8) is 0 Å². The number of sulfonamides is 1. The molecule has 0 spiro atoms. The number of carbonyl (C=O) groups is 2. The third-order valence-electron chi connectivity index (χ3n) is 6.72. The number of furan rings is 1. The van der Waals surface area contributed by atoms with E-state index in [1.54, 1.807) is 17.2 Å². The Labute approximate surface area is 190 Å². The first-order chi connectivity index (χ1) is 14.2. The number of hydrogen-bond acceptors (Lipinski definition) is 6. The molecule has 1 aromatic heterocycles. The maximum atomic E-state index is 13.5. The lowest BCUT2D eigenvalue weighted by Crippen LogP contribution is -2.44.